The number of carboxylic acid groups (broad SMARTS) is 1. The molecule has 0 spiro atoms. The van der Waals surface area contributed by atoms with Crippen molar-refractivity contribution in [2.75, 3.05) is 41.0 Å². The summed E-state index contributed by atoms with van der Waals surface area (Å²) >= 11 is 0. The molecule has 2 atom stereocenters. The van der Waals surface area contributed by atoms with E-state index in [0.29, 0.717) is 19.3 Å². The minimum atomic E-state index is -0.882. The van der Waals surface area contributed by atoms with Gasteiger partial charge in [-0.15, -0.1) is 0 Å². The summed E-state index contributed by atoms with van der Waals surface area (Å²) in [4.78, 5) is 36.6. The van der Waals surface area contributed by atoms with E-state index >= 15 is 0 Å². The van der Waals surface area contributed by atoms with Gasteiger partial charge in [0.05, 0.1) is 34.4 Å². The van der Waals surface area contributed by atoms with E-state index in [9.17, 15) is 19.5 Å². The van der Waals surface area contributed by atoms with E-state index in [4.69, 9.17) is 14.2 Å². The van der Waals surface area contributed by atoms with Crippen LogP contribution >= 0.6 is 0 Å². The number of likely N-dealkylation sites (N-methyl/N-ethyl adjacent to an activating group) is 1. The van der Waals surface area contributed by atoms with Crippen LogP contribution in [0.1, 0.15) is 136 Å². The Hall–Kier alpha value is -2.45. The third kappa shape index (κ3) is 27.8. The van der Waals surface area contributed by atoms with Gasteiger partial charge in [-0.1, -0.05) is 108 Å². The second-order valence-electron chi connectivity index (χ2n) is 13.1. The van der Waals surface area contributed by atoms with Gasteiger partial charge in [-0.2, -0.15) is 0 Å². The van der Waals surface area contributed by atoms with Crippen LogP contribution in [-0.4, -0.2) is 80.6 Å². The number of allylic oxidation sites excluding steroid dienone is 6. The number of hydrogen-bond donors (Lipinski definition) is 1. The van der Waals surface area contributed by atoms with Gasteiger partial charge in [-0.25, -0.2) is 4.79 Å². The minimum absolute atomic E-state index is 0.0503. The number of nitrogens with zero attached hydrogens (tertiary/aromatic N) is 1. The fraction of sp³-hybridized carbons (Fsp3) is 0.763. The van der Waals surface area contributed by atoms with E-state index in [1.54, 1.807) is 0 Å². The van der Waals surface area contributed by atoms with Crippen molar-refractivity contribution in [3.63, 3.8) is 0 Å². The highest BCUT2D eigenvalue weighted by molar-refractivity contribution is 5.72. The third-order valence-corrected chi connectivity index (χ3v) is 7.80. The monoisotopic (exact) mass is 650 g/mol. The summed E-state index contributed by atoms with van der Waals surface area (Å²) in [5, 5.41) is 9.56. The van der Waals surface area contributed by atoms with Crippen LogP contribution in [0.2, 0.25) is 0 Å². The summed E-state index contributed by atoms with van der Waals surface area (Å²) in [5.74, 6) is -1.52. The highest BCUT2D eigenvalue weighted by atomic mass is 16.6. The highest BCUT2D eigenvalue weighted by Gasteiger charge is 2.31. The van der Waals surface area contributed by atoms with Crippen molar-refractivity contribution in [3.8, 4) is 0 Å². The maximum Gasteiger partial charge on any atom is 0.362 e. The number of aliphatic carboxylic acids is 1. The number of ether oxygens (including phenoxy) is 3. The molecule has 0 aliphatic carbocycles. The molecule has 0 saturated heterocycles. The van der Waals surface area contributed by atoms with Gasteiger partial charge in [0.25, 0.3) is 0 Å². The Kier molecular flexibility index (Phi) is 28.3. The molecule has 8 nitrogen and oxygen atoms in total. The molecular weight excluding hydrogens is 582 g/mol. The molecule has 0 rings (SSSR count). The van der Waals surface area contributed by atoms with E-state index in [1.165, 1.54) is 44.9 Å². The summed E-state index contributed by atoms with van der Waals surface area (Å²) < 4.78 is 17.1. The van der Waals surface area contributed by atoms with Crippen LogP contribution in [0.5, 0.6) is 0 Å². The Morgan fingerprint density at radius 2 is 1.22 bits per heavy atom. The summed E-state index contributed by atoms with van der Waals surface area (Å²) in [7, 11) is 5.50. The Morgan fingerprint density at radius 3 is 1.80 bits per heavy atom. The molecule has 1 N–H and O–H groups in total. The number of carbonyl (C=O) groups is 3. The molecule has 0 heterocycles. The van der Waals surface area contributed by atoms with Crippen LogP contribution in [0.3, 0.4) is 0 Å². The number of carboxylic acids is 1. The van der Waals surface area contributed by atoms with Crippen molar-refractivity contribution in [2.45, 2.75) is 148 Å². The lowest BCUT2D eigenvalue weighted by Crippen LogP contribution is -2.50. The van der Waals surface area contributed by atoms with E-state index < -0.39 is 18.1 Å². The first-order valence-electron chi connectivity index (χ1n) is 18.0. The number of quaternary nitrogens is 1. The largest absolute Gasteiger partial charge is 0.477 e. The zero-order valence-electron chi connectivity index (χ0n) is 30.0. The molecule has 0 aromatic heterocycles. The fourth-order valence-corrected chi connectivity index (χ4v) is 4.99. The van der Waals surface area contributed by atoms with Crippen molar-refractivity contribution in [3.05, 3.63) is 36.5 Å². The second-order valence-corrected chi connectivity index (χ2v) is 13.1. The molecule has 8 heteroatoms. The lowest BCUT2D eigenvalue weighted by molar-refractivity contribution is -0.887. The van der Waals surface area contributed by atoms with Crippen LogP contribution in [0.4, 0.5) is 0 Å². The predicted octanol–water partition coefficient (Wildman–Crippen LogP) is 8.74. The fourth-order valence-electron chi connectivity index (χ4n) is 4.99. The van der Waals surface area contributed by atoms with Crippen LogP contribution in [0, 0.1) is 0 Å². The molecule has 46 heavy (non-hydrogen) atoms. The third-order valence-electron chi connectivity index (χ3n) is 7.80. The molecule has 0 amide bonds. The van der Waals surface area contributed by atoms with Crippen molar-refractivity contribution in [2.24, 2.45) is 0 Å². The number of esters is 2. The smallest absolute Gasteiger partial charge is 0.362 e. The standard InChI is InChI=1S/C38H67NO7/c1-6-8-10-12-14-16-18-19-21-22-24-26-28-36(40)45-33-34(32-44-31-30-35(38(42)43)39(3,4)5)46-37(41)29-27-25-23-20-17-15-13-11-9-7-2/h8,10,14,16,19,21,34-35H,6-7,9,11-13,15,17-18,20,22-33H2,1-5H3/p+1/b10-8+,16-14+,21-19+. The quantitative estimate of drug-likeness (QED) is 0.0347. The molecular formula is C38H68NO7+. The molecule has 0 saturated carbocycles. The molecule has 2 unspecified atom stereocenters. The average Bonchev–Trinajstić information content (AvgIpc) is 3.00. The summed E-state index contributed by atoms with van der Waals surface area (Å²) in [6.45, 7) is 4.54. The Labute approximate surface area is 281 Å². The Morgan fingerprint density at radius 1 is 0.674 bits per heavy atom. The normalized spacial score (nSPS) is 13.5. The Balaban J connectivity index is 4.52. The van der Waals surface area contributed by atoms with Gasteiger partial charge >= 0.3 is 17.9 Å². The van der Waals surface area contributed by atoms with Crippen molar-refractivity contribution >= 4 is 17.9 Å². The van der Waals surface area contributed by atoms with E-state index in [0.717, 1.165) is 57.8 Å². The van der Waals surface area contributed by atoms with Gasteiger partial charge in [-0.3, -0.25) is 9.59 Å². The first kappa shape index (κ1) is 43.5. The molecule has 0 aromatic carbocycles. The van der Waals surface area contributed by atoms with E-state index in [-0.39, 0.29) is 36.2 Å². The van der Waals surface area contributed by atoms with Gasteiger partial charge in [0.1, 0.15) is 6.61 Å². The van der Waals surface area contributed by atoms with E-state index in [2.05, 4.69) is 50.3 Å². The van der Waals surface area contributed by atoms with Crippen molar-refractivity contribution in [1.82, 2.24) is 0 Å². The first-order valence-corrected chi connectivity index (χ1v) is 18.0. The van der Waals surface area contributed by atoms with Gasteiger partial charge in [0.15, 0.2) is 12.1 Å². The van der Waals surface area contributed by atoms with Gasteiger partial charge in [0.2, 0.25) is 0 Å². The zero-order chi connectivity index (χ0) is 34.3. The molecule has 0 aliphatic heterocycles. The van der Waals surface area contributed by atoms with Crippen LogP contribution < -0.4 is 0 Å². The highest BCUT2D eigenvalue weighted by Crippen LogP contribution is 2.13. The summed E-state index contributed by atoms with van der Waals surface area (Å²) in [6.07, 6.45) is 30.5. The van der Waals surface area contributed by atoms with Gasteiger partial charge < -0.3 is 23.8 Å². The molecule has 0 bridgehead atoms. The van der Waals surface area contributed by atoms with Gasteiger partial charge in [0, 0.05) is 19.3 Å². The van der Waals surface area contributed by atoms with Gasteiger partial charge in [-0.05, 0) is 44.9 Å². The average molecular weight is 651 g/mol. The maximum absolute atomic E-state index is 12.6. The topological polar surface area (TPSA) is 99.1 Å². The molecule has 0 aliphatic rings. The van der Waals surface area contributed by atoms with Crippen molar-refractivity contribution in [1.29, 1.82) is 0 Å². The number of unbranched alkanes of at least 4 members (excludes halogenated alkanes) is 11. The number of rotatable bonds is 31. The van der Waals surface area contributed by atoms with Crippen molar-refractivity contribution < 1.29 is 38.2 Å². The Bertz CT molecular complexity index is 860. The predicted molar refractivity (Wildman–Crippen MR) is 188 cm³/mol. The molecule has 0 radical (unpaired) electrons. The van der Waals surface area contributed by atoms with Crippen LogP contribution in [0.25, 0.3) is 0 Å². The summed E-state index contributed by atoms with van der Waals surface area (Å²) in [6, 6.07) is -0.616. The second kappa shape index (κ2) is 29.9. The first-order chi connectivity index (χ1) is 22.1. The van der Waals surface area contributed by atoms with E-state index in [1.807, 2.05) is 21.1 Å². The minimum Gasteiger partial charge on any atom is -0.477 e. The molecule has 0 aromatic rings. The van der Waals surface area contributed by atoms with Crippen LogP contribution in [0.15, 0.2) is 36.5 Å². The molecule has 266 valence electrons. The molecule has 0 fully saturated rings. The number of carbonyl (C=O) groups excluding carboxylic acids is 2. The maximum atomic E-state index is 12.6. The summed E-state index contributed by atoms with van der Waals surface area (Å²) in [5.41, 5.74) is 0. The lowest BCUT2D eigenvalue weighted by atomic mass is 10.1. The van der Waals surface area contributed by atoms with Crippen LogP contribution in [-0.2, 0) is 28.6 Å². The number of hydrogen-bond acceptors (Lipinski definition) is 6. The lowest BCUT2D eigenvalue weighted by Gasteiger charge is -2.31. The SMILES string of the molecule is CC/C=C/C/C=C/C/C=C/CCCCC(=O)OCC(COCCC(C(=O)O)[N+](C)(C)C)OC(=O)CCCCCCCCCCCC. The zero-order valence-corrected chi connectivity index (χ0v) is 30.0.